The number of para-hydroxylation sites is 2. The zero-order chi connectivity index (χ0) is 27.3. The topological polar surface area (TPSA) is 78.1 Å². The van der Waals surface area contributed by atoms with Crippen LogP contribution in [0.25, 0.3) is 27.7 Å². The van der Waals surface area contributed by atoms with Crippen molar-refractivity contribution in [3.05, 3.63) is 51.9 Å². The van der Waals surface area contributed by atoms with Crippen LogP contribution in [-0.4, -0.2) is 88.1 Å². The molecule has 1 amide bonds. The summed E-state index contributed by atoms with van der Waals surface area (Å²) >= 11 is 0. The van der Waals surface area contributed by atoms with E-state index in [1.165, 1.54) is 18.9 Å². The van der Waals surface area contributed by atoms with Crippen molar-refractivity contribution in [1.29, 1.82) is 0 Å². The number of aryl methyl sites for hydroxylation is 1. The largest absolute Gasteiger partial charge is 0.352 e. The first-order valence-electron chi connectivity index (χ1n) is 14.0. The highest BCUT2D eigenvalue weighted by Crippen LogP contribution is 2.28. The number of amides is 1. The standard InChI is InChI=1S/C29H36FN7O2/c1-19(2)35-14-16-36(17-15-35)27-21(30)18-20-25(38)24(28(39)31-10-13-34-11-6-7-12-34)29-33(3)22-8-4-5-9-23(22)37(29)26(20)32-27/h4-5,8-9,18-19H,6-7,10-17H2,1-3H3,(H,31,39). The summed E-state index contributed by atoms with van der Waals surface area (Å²) in [4.78, 5) is 38.8. The number of rotatable bonds is 6. The van der Waals surface area contributed by atoms with Crippen molar-refractivity contribution < 1.29 is 9.18 Å². The fourth-order valence-corrected chi connectivity index (χ4v) is 6.15. The first-order chi connectivity index (χ1) is 18.8. The van der Waals surface area contributed by atoms with E-state index in [0.717, 1.165) is 43.8 Å². The molecular weight excluding hydrogens is 497 g/mol. The minimum absolute atomic E-state index is 0.0159. The SMILES string of the molecule is CC(C)N1CCN(c2nc3c(cc2F)c(=O)c(C(=O)NCCN2CCCC2)c2n(C)c4ccccc4n32)CC1. The molecule has 3 aromatic heterocycles. The Kier molecular flexibility index (Phi) is 6.76. The number of anilines is 1. The molecule has 1 N–H and O–H groups in total. The summed E-state index contributed by atoms with van der Waals surface area (Å²) in [6.07, 6.45) is 2.34. The average molecular weight is 534 g/mol. The molecule has 0 bridgehead atoms. The van der Waals surface area contributed by atoms with Crippen LogP contribution in [0.15, 0.2) is 35.1 Å². The predicted octanol–water partition coefficient (Wildman–Crippen LogP) is 2.83. The van der Waals surface area contributed by atoms with E-state index >= 15 is 4.39 Å². The van der Waals surface area contributed by atoms with Crippen molar-refractivity contribution in [2.45, 2.75) is 32.7 Å². The van der Waals surface area contributed by atoms with Gasteiger partial charge in [0.25, 0.3) is 5.91 Å². The molecular formula is C29H36FN7O2. The van der Waals surface area contributed by atoms with E-state index in [4.69, 9.17) is 4.98 Å². The van der Waals surface area contributed by atoms with Gasteiger partial charge >= 0.3 is 0 Å². The van der Waals surface area contributed by atoms with Gasteiger partial charge in [0, 0.05) is 52.4 Å². The number of pyridine rings is 2. The molecule has 4 aromatic rings. The zero-order valence-corrected chi connectivity index (χ0v) is 22.9. The fourth-order valence-electron chi connectivity index (χ4n) is 6.15. The van der Waals surface area contributed by atoms with Crippen LogP contribution in [0.1, 0.15) is 37.0 Å². The number of piperazine rings is 1. The lowest BCUT2D eigenvalue weighted by molar-refractivity contribution is 0.0950. The molecule has 9 nitrogen and oxygen atoms in total. The summed E-state index contributed by atoms with van der Waals surface area (Å²) in [5.74, 6) is -0.744. The van der Waals surface area contributed by atoms with Gasteiger partial charge in [0.2, 0.25) is 5.43 Å². The van der Waals surface area contributed by atoms with Crippen molar-refractivity contribution in [2.75, 3.05) is 57.3 Å². The highest BCUT2D eigenvalue weighted by atomic mass is 19.1. The first kappa shape index (κ1) is 25.8. The Hall–Kier alpha value is -3.50. The molecule has 39 heavy (non-hydrogen) atoms. The number of nitrogens with zero attached hydrogens (tertiary/aromatic N) is 6. The molecule has 0 atom stereocenters. The van der Waals surface area contributed by atoms with E-state index < -0.39 is 17.2 Å². The molecule has 10 heteroatoms. The molecule has 0 spiro atoms. The predicted molar refractivity (Wildman–Crippen MR) is 152 cm³/mol. The Balaban J connectivity index is 1.48. The Bertz CT molecular complexity index is 1610. The Morgan fingerprint density at radius 2 is 1.74 bits per heavy atom. The molecule has 2 aliphatic heterocycles. The second kappa shape index (κ2) is 10.2. The van der Waals surface area contributed by atoms with Crippen molar-refractivity contribution in [2.24, 2.45) is 7.05 Å². The van der Waals surface area contributed by atoms with Crippen molar-refractivity contribution in [1.82, 2.24) is 29.1 Å². The smallest absolute Gasteiger partial charge is 0.259 e. The maximum absolute atomic E-state index is 15.6. The minimum atomic E-state index is -0.543. The quantitative estimate of drug-likeness (QED) is 0.411. The Morgan fingerprint density at radius 3 is 2.44 bits per heavy atom. The van der Waals surface area contributed by atoms with E-state index in [1.807, 2.05) is 45.2 Å². The molecule has 1 aromatic carbocycles. The maximum Gasteiger partial charge on any atom is 0.259 e. The number of halogens is 1. The molecule has 2 fully saturated rings. The summed E-state index contributed by atoms with van der Waals surface area (Å²) < 4.78 is 19.3. The molecule has 6 rings (SSSR count). The van der Waals surface area contributed by atoms with Gasteiger partial charge in [0.1, 0.15) is 11.2 Å². The van der Waals surface area contributed by atoms with Crippen LogP contribution in [0, 0.1) is 5.82 Å². The van der Waals surface area contributed by atoms with Gasteiger partial charge in [0.15, 0.2) is 17.3 Å². The molecule has 2 saturated heterocycles. The van der Waals surface area contributed by atoms with Gasteiger partial charge in [-0.25, -0.2) is 9.37 Å². The number of fused-ring (bicyclic) bond motifs is 5. The zero-order valence-electron chi connectivity index (χ0n) is 22.9. The third-order valence-electron chi connectivity index (χ3n) is 8.34. The summed E-state index contributed by atoms with van der Waals surface area (Å²) in [6, 6.07) is 9.41. The van der Waals surface area contributed by atoms with Gasteiger partial charge < -0.3 is 19.7 Å². The van der Waals surface area contributed by atoms with Gasteiger partial charge in [-0.15, -0.1) is 0 Å². The van der Waals surface area contributed by atoms with Gasteiger partial charge in [-0.05, 0) is 58.0 Å². The van der Waals surface area contributed by atoms with Crippen LogP contribution in [0.4, 0.5) is 10.2 Å². The Morgan fingerprint density at radius 1 is 1.05 bits per heavy atom. The number of benzene rings is 1. The van der Waals surface area contributed by atoms with Crippen LogP contribution in [0.3, 0.4) is 0 Å². The number of carbonyl (C=O) groups excluding carboxylic acids is 1. The van der Waals surface area contributed by atoms with Gasteiger partial charge in [0.05, 0.1) is 16.4 Å². The molecule has 206 valence electrons. The number of nitrogens with one attached hydrogen (secondary N) is 1. The number of aromatic nitrogens is 3. The fraction of sp³-hybridized carbons (Fsp3) is 0.483. The van der Waals surface area contributed by atoms with Crippen LogP contribution >= 0.6 is 0 Å². The molecule has 0 unspecified atom stereocenters. The lowest BCUT2D eigenvalue weighted by Gasteiger charge is -2.37. The van der Waals surface area contributed by atoms with Crippen molar-refractivity contribution in [3.63, 3.8) is 0 Å². The molecule has 5 heterocycles. The summed E-state index contributed by atoms with van der Waals surface area (Å²) in [5.41, 5.74) is 2.00. The van der Waals surface area contributed by atoms with Crippen LogP contribution < -0.4 is 15.6 Å². The summed E-state index contributed by atoms with van der Waals surface area (Å²) in [6.45, 7) is 10.5. The van der Waals surface area contributed by atoms with Crippen LogP contribution in [0.2, 0.25) is 0 Å². The Labute approximate surface area is 226 Å². The second-order valence-corrected chi connectivity index (χ2v) is 11.0. The normalized spacial score (nSPS) is 17.3. The molecule has 0 aliphatic carbocycles. The van der Waals surface area contributed by atoms with Crippen molar-refractivity contribution in [3.8, 4) is 0 Å². The van der Waals surface area contributed by atoms with Gasteiger partial charge in [-0.3, -0.25) is 18.9 Å². The van der Waals surface area contributed by atoms with E-state index in [-0.39, 0.29) is 16.8 Å². The van der Waals surface area contributed by atoms with Gasteiger partial charge in [-0.1, -0.05) is 12.1 Å². The minimum Gasteiger partial charge on any atom is -0.352 e. The van der Waals surface area contributed by atoms with E-state index in [1.54, 1.807) is 0 Å². The highest BCUT2D eigenvalue weighted by molar-refractivity contribution is 6.05. The van der Waals surface area contributed by atoms with E-state index in [0.29, 0.717) is 37.0 Å². The second-order valence-electron chi connectivity index (χ2n) is 11.0. The van der Waals surface area contributed by atoms with Gasteiger partial charge in [-0.2, -0.15) is 0 Å². The van der Waals surface area contributed by atoms with Crippen LogP contribution in [0.5, 0.6) is 0 Å². The average Bonchev–Trinajstić information content (AvgIpc) is 3.55. The van der Waals surface area contributed by atoms with Crippen molar-refractivity contribution >= 4 is 39.4 Å². The molecule has 0 radical (unpaired) electrons. The lowest BCUT2D eigenvalue weighted by Crippen LogP contribution is -2.49. The summed E-state index contributed by atoms with van der Waals surface area (Å²) in [7, 11) is 1.85. The number of hydrogen-bond donors (Lipinski definition) is 1. The number of likely N-dealkylation sites (tertiary alicyclic amines) is 1. The monoisotopic (exact) mass is 533 g/mol. The van der Waals surface area contributed by atoms with Crippen LogP contribution in [-0.2, 0) is 7.05 Å². The molecule has 2 aliphatic rings. The van der Waals surface area contributed by atoms with E-state index in [2.05, 4.69) is 29.0 Å². The summed E-state index contributed by atoms with van der Waals surface area (Å²) in [5, 5.41) is 3.06. The maximum atomic E-state index is 15.6. The lowest BCUT2D eigenvalue weighted by atomic mass is 10.1. The first-order valence-corrected chi connectivity index (χ1v) is 14.0. The van der Waals surface area contributed by atoms with E-state index in [9.17, 15) is 9.59 Å². The molecule has 0 saturated carbocycles. The third kappa shape index (κ3) is 4.45. The number of imidazole rings is 1. The number of carbonyl (C=O) groups is 1. The highest BCUT2D eigenvalue weighted by Gasteiger charge is 2.28. The third-order valence-corrected chi connectivity index (χ3v) is 8.34. The number of hydrogen-bond acceptors (Lipinski definition) is 6.